The zero-order valence-electron chi connectivity index (χ0n) is 15.5. The number of benzene rings is 3. The molecule has 29 heavy (non-hydrogen) atoms. The Bertz CT molecular complexity index is 1140. The van der Waals surface area contributed by atoms with Gasteiger partial charge in [0, 0.05) is 17.0 Å². The number of carbonyl (C=O) groups is 1. The van der Waals surface area contributed by atoms with E-state index in [0.29, 0.717) is 5.89 Å². The van der Waals surface area contributed by atoms with Crippen molar-refractivity contribution in [1.29, 1.82) is 0 Å². The first-order valence-electron chi connectivity index (χ1n) is 9.11. The molecule has 0 bridgehead atoms. The van der Waals surface area contributed by atoms with E-state index in [2.05, 4.69) is 22.0 Å². The maximum absolute atomic E-state index is 12.9. The van der Waals surface area contributed by atoms with Crippen molar-refractivity contribution in [2.45, 2.75) is 6.54 Å². The smallest absolute Gasteiger partial charge is 0.306 e. The highest BCUT2D eigenvalue weighted by atomic mass is 16.5. The minimum absolute atomic E-state index is 0.181. The van der Waals surface area contributed by atoms with Crippen LogP contribution in [0.3, 0.4) is 0 Å². The molecule has 0 saturated carbocycles. The van der Waals surface area contributed by atoms with Crippen molar-refractivity contribution in [2.75, 3.05) is 4.90 Å². The van der Waals surface area contributed by atoms with E-state index >= 15 is 0 Å². The van der Waals surface area contributed by atoms with Crippen LogP contribution in [0.5, 0.6) is 0 Å². The Kier molecular flexibility index (Phi) is 5.45. The molecule has 0 spiro atoms. The number of aromatic nitrogens is 2. The highest BCUT2D eigenvalue weighted by Gasteiger charge is 2.21. The summed E-state index contributed by atoms with van der Waals surface area (Å²) in [5, 5.41) is 4.02. The van der Waals surface area contributed by atoms with Crippen molar-refractivity contribution < 1.29 is 9.32 Å². The predicted octanol–water partition coefficient (Wildman–Crippen LogP) is 4.32. The predicted molar refractivity (Wildman–Crippen MR) is 111 cm³/mol. The van der Waals surface area contributed by atoms with Gasteiger partial charge in [0.05, 0.1) is 6.54 Å². The van der Waals surface area contributed by atoms with Crippen LogP contribution in [0.1, 0.15) is 11.1 Å². The lowest BCUT2D eigenvalue weighted by atomic mass is 10.2. The van der Waals surface area contributed by atoms with Gasteiger partial charge in [0.2, 0.25) is 0 Å². The number of rotatable bonds is 4. The van der Waals surface area contributed by atoms with Crippen molar-refractivity contribution in [3.63, 3.8) is 0 Å². The van der Waals surface area contributed by atoms with Crippen LogP contribution in [0.4, 0.5) is 5.95 Å². The van der Waals surface area contributed by atoms with E-state index in [1.165, 1.54) is 4.90 Å². The Morgan fingerprint density at radius 2 is 1.48 bits per heavy atom. The standard InChI is InChI=1S/C24H17N3O2/c28-22(17-16-19-10-4-1-5-11-19)27(18-20-12-6-2-7-13-20)24-25-23(29-26-24)21-14-8-3-9-15-21/h1-15H,18H2. The Labute approximate surface area is 168 Å². The molecule has 4 rings (SSSR count). The third-order valence-corrected chi connectivity index (χ3v) is 4.19. The molecule has 1 amide bonds. The Morgan fingerprint density at radius 1 is 0.862 bits per heavy atom. The summed E-state index contributed by atoms with van der Waals surface area (Å²) in [6.07, 6.45) is 0. The highest BCUT2D eigenvalue weighted by molar-refractivity contribution is 6.05. The van der Waals surface area contributed by atoms with Gasteiger partial charge in [0.15, 0.2) is 0 Å². The fourth-order valence-electron chi connectivity index (χ4n) is 2.74. The van der Waals surface area contributed by atoms with Crippen molar-refractivity contribution in [3.05, 3.63) is 102 Å². The molecule has 5 nitrogen and oxygen atoms in total. The number of hydrogen-bond acceptors (Lipinski definition) is 4. The zero-order chi connectivity index (χ0) is 19.9. The maximum Gasteiger partial charge on any atom is 0.306 e. The molecule has 0 N–H and O–H groups in total. The Hall–Kier alpha value is -4.17. The van der Waals surface area contributed by atoms with E-state index in [1.807, 2.05) is 91.0 Å². The largest absolute Gasteiger partial charge is 0.332 e. The molecule has 0 aliphatic carbocycles. The van der Waals surface area contributed by atoms with Crippen LogP contribution in [0.2, 0.25) is 0 Å². The van der Waals surface area contributed by atoms with E-state index < -0.39 is 5.91 Å². The van der Waals surface area contributed by atoms with Gasteiger partial charge in [-0.05, 0) is 35.0 Å². The molecular weight excluding hydrogens is 362 g/mol. The van der Waals surface area contributed by atoms with Gasteiger partial charge >= 0.3 is 5.91 Å². The van der Waals surface area contributed by atoms with Crippen molar-refractivity contribution >= 4 is 11.9 Å². The van der Waals surface area contributed by atoms with Gasteiger partial charge in [-0.1, -0.05) is 72.7 Å². The van der Waals surface area contributed by atoms with Gasteiger partial charge in [-0.2, -0.15) is 4.98 Å². The van der Waals surface area contributed by atoms with Crippen LogP contribution < -0.4 is 4.90 Å². The highest BCUT2D eigenvalue weighted by Crippen LogP contribution is 2.21. The summed E-state index contributed by atoms with van der Waals surface area (Å²) < 4.78 is 5.38. The third kappa shape index (κ3) is 4.57. The molecule has 140 valence electrons. The number of nitrogens with zero attached hydrogens (tertiary/aromatic N) is 3. The number of carbonyl (C=O) groups excluding carboxylic acids is 1. The summed E-state index contributed by atoms with van der Waals surface area (Å²) in [5.41, 5.74) is 2.49. The van der Waals surface area contributed by atoms with E-state index in [9.17, 15) is 4.79 Å². The third-order valence-electron chi connectivity index (χ3n) is 4.19. The quantitative estimate of drug-likeness (QED) is 0.496. The molecule has 0 fully saturated rings. The topological polar surface area (TPSA) is 59.2 Å². The second kappa shape index (κ2) is 8.68. The van der Waals surface area contributed by atoms with Gasteiger partial charge in [0.25, 0.3) is 11.8 Å². The second-order valence-corrected chi connectivity index (χ2v) is 6.26. The summed E-state index contributed by atoms with van der Waals surface area (Å²) in [6.45, 7) is 0.289. The first-order chi connectivity index (χ1) is 14.3. The monoisotopic (exact) mass is 379 g/mol. The van der Waals surface area contributed by atoms with E-state index in [-0.39, 0.29) is 12.5 Å². The second-order valence-electron chi connectivity index (χ2n) is 6.26. The van der Waals surface area contributed by atoms with Gasteiger partial charge in [-0.25, -0.2) is 0 Å². The summed E-state index contributed by atoms with van der Waals surface area (Å²) in [4.78, 5) is 18.7. The molecule has 0 saturated heterocycles. The lowest BCUT2D eigenvalue weighted by molar-refractivity contribution is -0.113. The van der Waals surface area contributed by atoms with Gasteiger partial charge < -0.3 is 4.52 Å². The number of amides is 1. The zero-order valence-corrected chi connectivity index (χ0v) is 15.5. The molecule has 0 atom stereocenters. The molecular formula is C24H17N3O2. The lowest BCUT2D eigenvalue weighted by Crippen LogP contribution is -2.30. The first kappa shape index (κ1) is 18.2. The molecule has 1 aromatic heterocycles. The molecule has 3 aromatic carbocycles. The summed E-state index contributed by atoms with van der Waals surface area (Å²) in [7, 11) is 0. The SMILES string of the molecule is O=C(C#Cc1ccccc1)N(Cc1ccccc1)c1noc(-c2ccccc2)n1. The van der Waals surface area contributed by atoms with Crippen LogP contribution in [0.25, 0.3) is 11.5 Å². The first-order valence-corrected chi connectivity index (χ1v) is 9.11. The molecule has 0 unspecified atom stereocenters. The molecule has 0 aliphatic heterocycles. The van der Waals surface area contributed by atoms with Gasteiger partial charge in [0.1, 0.15) is 0 Å². The van der Waals surface area contributed by atoms with Crippen LogP contribution in [-0.2, 0) is 11.3 Å². The van der Waals surface area contributed by atoms with Crippen LogP contribution in [0.15, 0.2) is 95.5 Å². The van der Waals surface area contributed by atoms with Gasteiger partial charge in [-0.3, -0.25) is 9.69 Å². The fraction of sp³-hybridized carbons (Fsp3) is 0.0417. The molecule has 5 heteroatoms. The summed E-state index contributed by atoms with van der Waals surface area (Å²) in [5.74, 6) is 5.70. The number of anilines is 1. The van der Waals surface area contributed by atoms with Crippen LogP contribution in [0, 0.1) is 11.8 Å². The van der Waals surface area contributed by atoms with Crippen LogP contribution in [-0.4, -0.2) is 16.0 Å². The van der Waals surface area contributed by atoms with Crippen molar-refractivity contribution in [2.24, 2.45) is 0 Å². The van der Waals surface area contributed by atoms with Gasteiger partial charge in [-0.15, -0.1) is 0 Å². The lowest BCUT2D eigenvalue weighted by Gasteiger charge is -2.15. The van der Waals surface area contributed by atoms with Crippen LogP contribution >= 0.6 is 0 Å². The number of hydrogen-bond donors (Lipinski definition) is 0. The normalized spacial score (nSPS) is 10.1. The van der Waals surface area contributed by atoms with E-state index in [1.54, 1.807) is 0 Å². The molecule has 0 radical (unpaired) electrons. The fourth-order valence-corrected chi connectivity index (χ4v) is 2.74. The molecule has 1 heterocycles. The summed E-state index contributed by atoms with van der Waals surface area (Å²) >= 11 is 0. The van der Waals surface area contributed by atoms with Crippen molar-refractivity contribution in [1.82, 2.24) is 10.1 Å². The van der Waals surface area contributed by atoms with Crippen molar-refractivity contribution in [3.8, 4) is 23.3 Å². The van der Waals surface area contributed by atoms with E-state index in [0.717, 1.165) is 16.7 Å². The Morgan fingerprint density at radius 3 is 2.17 bits per heavy atom. The average molecular weight is 379 g/mol. The molecule has 0 aliphatic rings. The minimum atomic E-state index is -0.405. The molecule has 4 aromatic rings. The average Bonchev–Trinajstić information content (AvgIpc) is 3.28. The minimum Gasteiger partial charge on any atom is -0.332 e. The Balaban J connectivity index is 1.65. The maximum atomic E-state index is 12.9. The summed E-state index contributed by atoms with van der Waals surface area (Å²) in [6, 6.07) is 28.4. The van der Waals surface area contributed by atoms with E-state index in [4.69, 9.17) is 4.52 Å².